The summed E-state index contributed by atoms with van der Waals surface area (Å²) >= 11 is 0. The van der Waals surface area contributed by atoms with Crippen LogP contribution in [-0.2, 0) is 28.7 Å². The molecule has 2 aliphatic rings. The van der Waals surface area contributed by atoms with Gasteiger partial charge in [-0.2, -0.15) is 0 Å². The minimum absolute atomic E-state index is 0.656. The number of hydrogen-bond donors (Lipinski definition) is 2. The highest BCUT2D eigenvalue weighted by atomic mass is 16.6. The van der Waals surface area contributed by atoms with Crippen LogP contribution < -0.4 is 0 Å². The molecule has 8 heteroatoms. The standard InChI is InChI=1S/C22H26O8/c1-13(15-9-5-3-6-10-15)21(27)29-17(19(23)24)18(20(25)26)30-22(28)14(2)16-11-7-4-8-12-16/h5,7,9-14,17-18H,3-4,6,8H2,1-2H3,(H,23,24)(H,25,26). The van der Waals surface area contributed by atoms with E-state index in [2.05, 4.69) is 0 Å². The van der Waals surface area contributed by atoms with E-state index in [4.69, 9.17) is 9.47 Å². The number of aliphatic carboxylic acids is 2. The fourth-order valence-corrected chi connectivity index (χ4v) is 3.12. The summed E-state index contributed by atoms with van der Waals surface area (Å²) in [5.74, 6) is -6.82. The minimum atomic E-state index is -2.17. The van der Waals surface area contributed by atoms with E-state index in [0.717, 1.165) is 25.7 Å². The van der Waals surface area contributed by atoms with Crippen LogP contribution in [0, 0.1) is 11.8 Å². The third-order valence-electron chi connectivity index (χ3n) is 5.00. The first-order valence-corrected chi connectivity index (χ1v) is 9.82. The summed E-state index contributed by atoms with van der Waals surface area (Å²) in [7, 11) is 0. The zero-order valence-electron chi connectivity index (χ0n) is 16.9. The molecule has 0 bridgehead atoms. The Balaban J connectivity index is 2.13. The molecule has 4 atom stereocenters. The summed E-state index contributed by atoms with van der Waals surface area (Å²) in [5.41, 5.74) is 1.31. The van der Waals surface area contributed by atoms with E-state index < -0.39 is 47.9 Å². The Morgan fingerprint density at radius 2 is 1.10 bits per heavy atom. The van der Waals surface area contributed by atoms with E-state index in [-0.39, 0.29) is 0 Å². The topological polar surface area (TPSA) is 127 Å². The van der Waals surface area contributed by atoms with Gasteiger partial charge in [0.25, 0.3) is 0 Å². The van der Waals surface area contributed by atoms with Gasteiger partial charge in [-0.15, -0.1) is 0 Å². The third kappa shape index (κ3) is 5.92. The number of carbonyl (C=O) groups is 4. The number of hydrogen-bond acceptors (Lipinski definition) is 6. The molecular formula is C22H26O8. The number of carboxylic acid groups (broad SMARTS) is 2. The zero-order valence-corrected chi connectivity index (χ0v) is 16.9. The SMILES string of the molecule is CC(C(=O)OC(C(=O)O)C(OC(=O)C(C)C1=CCCC=C1)C(=O)O)C1=CCCC=C1. The molecule has 0 aromatic heterocycles. The Hall–Kier alpha value is -3.16. The lowest BCUT2D eigenvalue weighted by Crippen LogP contribution is -2.47. The Morgan fingerprint density at radius 3 is 1.37 bits per heavy atom. The maximum atomic E-state index is 12.4. The monoisotopic (exact) mass is 418 g/mol. The zero-order chi connectivity index (χ0) is 22.3. The first-order valence-electron chi connectivity index (χ1n) is 9.82. The van der Waals surface area contributed by atoms with Crippen LogP contribution in [-0.4, -0.2) is 46.3 Å². The molecule has 0 fully saturated rings. The minimum Gasteiger partial charge on any atom is -0.478 e. The van der Waals surface area contributed by atoms with Crippen LogP contribution in [0.4, 0.5) is 0 Å². The molecule has 0 spiro atoms. The lowest BCUT2D eigenvalue weighted by Gasteiger charge is -2.24. The second kappa shape index (κ2) is 10.6. The molecule has 0 saturated heterocycles. The quantitative estimate of drug-likeness (QED) is 0.547. The molecule has 8 nitrogen and oxygen atoms in total. The second-order valence-corrected chi connectivity index (χ2v) is 7.20. The fourth-order valence-electron chi connectivity index (χ4n) is 3.12. The van der Waals surface area contributed by atoms with Crippen LogP contribution >= 0.6 is 0 Å². The Morgan fingerprint density at radius 1 is 0.733 bits per heavy atom. The van der Waals surface area contributed by atoms with Gasteiger partial charge in [-0.3, -0.25) is 9.59 Å². The average molecular weight is 418 g/mol. The van der Waals surface area contributed by atoms with Crippen LogP contribution in [0.1, 0.15) is 39.5 Å². The molecule has 162 valence electrons. The normalized spacial score (nSPS) is 19.5. The fraction of sp³-hybridized carbons (Fsp3) is 0.455. The van der Waals surface area contributed by atoms with Gasteiger partial charge in [0.1, 0.15) is 0 Å². The lowest BCUT2D eigenvalue weighted by molar-refractivity contribution is -0.189. The van der Waals surface area contributed by atoms with Gasteiger partial charge >= 0.3 is 23.9 Å². The summed E-state index contributed by atoms with van der Waals surface area (Å²) in [6.07, 6.45) is 9.74. The predicted molar refractivity (Wildman–Crippen MR) is 106 cm³/mol. The van der Waals surface area contributed by atoms with Crippen molar-refractivity contribution in [3.63, 3.8) is 0 Å². The third-order valence-corrected chi connectivity index (χ3v) is 5.00. The first-order chi connectivity index (χ1) is 14.2. The van der Waals surface area contributed by atoms with Crippen molar-refractivity contribution in [2.24, 2.45) is 11.8 Å². The molecule has 0 amide bonds. The van der Waals surface area contributed by atoms with E-state index in [1.807, 2.05) is 24.3 Å². The molecule has 2 aliphatic carbocycles. The highest BCUT2D eigenvalue weighted by Gasteiger charge is 2.42. The molecule has 4 unspecified atom stereocenters. The summed E-state index contributed by atoms with van der Waals surface area (Å²) in [6.45, 7) is 3.07. The van der Waals surface area contributed by atoms with Crippen molar-refractivity contribution in [1.29, 1.82) is 0 Å². The van der Waals surface area contributed by atoms with Gasteiger partial charge in [0.15, 0.2) is 0 Å². The van der Waals surface area contributed by atoms with Gasteiger partial charge < -0.3 is 19.7 Å². The molecule has 0 aliphatic heterocycles. The van der Waals surface area contributed by atoms with E-state index >= 15 is 0 Å². The van der Waals surface area contributed by atoms with Crippen molar-refractivity contribution >= 4 is 23.9 Å². The van der Waals surface area contributed by atoms with Crippen molar-refractivity contribution in [2.75, 3.05) is 0 Å². The van der Waals surface area contributed by atoms with Crippen LogP contribution in [0.2, 0.25) is 0 Å². The Bertz CT molecular complexity index is 749. The molecular weight excluding hydrogens is 392 g/mol. The lowest BCUT2D eigenvalue weighted by atomic mass is 9.95. The van der Waals surface area contributed by atoms with Gasteiger partial charge in [-0.1, -0.05) is 36.5 Å². The second-order valence-electron chi connectivity index (χ2n) is 7.20. The van der Waals surface area contributed by atoms with Crippen molar-refractivity contribution < 1.29 is 38.9 Å². The van der Waals surface area contributed by atoms with Gasteiger partial charge in [0, 0.05) is 0 Å². The van der Waals surface area contributed by atoms with Gasteiger partial charge in [0.2, 0.25) is 12.2 Å². The molecule has 0 heterocycles. The van der Waals surface area contributed by atoms with Gasteiger partial charge in [0.05, 0.1) is 11.8 Å². The van der Waals surface area contributed by atoms with Crippen LogP contribution in [0.3, 0.4) is 0 Å². The highest BCUT2D eigenvalue weighted by Crippen LogP contribution is 2.23. The summed E-state index contributed by atoms with van der Waals surface area (Å²) in [5, 5.41) is 18.9. The van der Waals surface area contributed by atoms with Gasteiger partial charge in [-0.05, 0) is 50.7 Å². The molecule has 0 saturated carbocycles. The number of esters is 2. The number of carboxylic acids is 2. The van der Waals surface area contributed by atoms with E-state index in [0.29, 0.717) is 11.1 Å². The van der Waals surface area contributed by atoms with Crippen LogP contribution in [0.25, 0.3) is 0 Å². The average Bonchev–Trinajstić information content (AvgIpc) is 2.75. The Labute approximate surface area is 174 Å². The number of allylic oxidation sites excluding steroid dienone is 6. The largest absolute Gasteiger partial charge is 0.478 e. The van der Waals surface area contributed by atoms with Crippen LogP contribution in [0.5, 0.6) is 0 Å². The summed E-state index contributed by atoms with van der Waals surface area (Å²) in [6, 6.07) is 0. The van der Waals surface area contributed by atoms with E-state index in [1.165, 1.54) is 13.8 Å². The smallest absolute Gasteiger partial charge is 0.349 e. The molecule has 2 rings (SSSR count). The molecule has 0 aromatic rings. The van der Waals surface area contributed by atoms with Crippen molar-refractivity contribution in [3.05, 3.63) is 47.6 Å². The Kier molecular flexibility index (Phi) is 8.15. The molecule has 30 heavy (non-hydrogen) atoms. The number of ether oxygens (including phenoxy) is 2. The number of carbonyl (C=O) groups excluding carboxylic acids is 2. The predicted octanol–water partition coefficient (Wildman–Crippen LogP) is 2.80. The molecule has 0 radical (unpaired) electrons. The molecule has 2 N–H and O–H groups in total. The summed E-state index contributed by atoms with van der Waals surface area (Å²) in [4.78, 5) is 48.2. The van der Waals surface area contributed by atoms with E-state index in [9.17, 15) is 29.4 Å². The van der Waals surface area contributed by atoms with Crippen LogP contribution in [0.15, 0.2) is 47.6 Å². The van der Waals surface area contributed by atoms with E-state index in [1.54, 1.807) is 12.2 Å². The summed E-state index contributed by atoms with van der Waals surface area (Å²) < 4.78 is 9.95. The molecule has 0 aromatic carbocycles. The maximum Gasteiger partial charge on any atom is 0.349 e. The van der Waals surface area contributed by atoms with Crippen molar-refractivity contribution in [1.82, 2.24) is 0 Å². The highest BCUT2D eigenvalue weighted by molar-refractivity contribution is 5.89. The first kappa shape index (κ1) is 23.1. The maximum absolute atomic E-state index is 12.4. The van der Waals surface area contributed by atoms with Gasteiger partial charge in [-0.25, -0.2) is 9.59 Å². The van der Waals surface area contributed by atoms with Crippen molar-refractivity contribution in [3.8, 4) is 0 Å². The van der Waals surface area contributed by atoms with Crippen molar-refractivity contribution in [2.45, 2.75) is 51.7 Å². The number of rotatable bonds is 9.